The predicted molar refractivity (Wildman–Crippen MR) is 96.7 cm³/mol. The Hall–Kier alpha value is -1.92. The van der Waals surface area contributed by atoms with Gasteiger partial charge in [0.1, 0.15) is 6.10 Å². The van der Waals surface area contributed by atoms with Crippen LogP contribution >= 0.6 is 0 Å². The molecule has 1 fully saturated rings. The van der Waals surface area contributed by atoms with Gasteiger partial charge in [-0.3, -0.25) is 20.4 Å². The molecule has 0 radical (unpaired) electrons. The van der Waals surface area contributed by atoms with E-state index in [-0.39, 0.29) is 0 Å². The molecule has 6 heteroatoms. The van der Waals surface area contributed by atoms with E-state index in [0.29, 0.717) is 17.9 Å². The average molecular weight is 347 g/mol. The normalized spacial score (nSPS) is 17.6. The SMILES string of the molecule is Cc1ccc(C)c(C(=O)NNC(=O)C(O)[C@H](N)CC2CCCCC2)c1. The van der Waals surface area contributed by atoms with Gasteiger partial charge < -0.3 is 10.8 Å². The van der Waals surface area contributed by atoms with Gasteiger partial charge in [-0.15, -0.1) is 0 Å². The summed E-state index contributed by atoms with van der Waals surface area (Å²) in [7, 11) is 0. The molecule has 138 valence electrons. The number of aryl methyl sites for hydroxylation is 2. The Labute approximate surface area is 149 Å². The Balaban J connectivity index is 1.83. The topological polar surface area (TPSA) is 104 Å². The summed E-state index contributed by atoms with van der Waals surface area (Å²) in [6.45, 7) is 3.72. The van der Waals surface area contributed by atoms with E-state index in [1.165, 1.54) is 19.3 Å². The predicted octanol–water partition coefficient (Wildman–Crippen LogP) is 1.72. The number of nitrogens with one attached hydrogen (secondary N) is 2. The molecule has 6 nitrogen and oxygen atoms in total. The number of carbonyl (C=O) groups is 2. The fourth-order valence-corrected chi connectivity index (χ4v) is 3.37. The van der Waals surface area contributed by atoms with E-state index < -0.39 is 24.0 Å². The first-order valence-corrected chi connectivity index (χ1v) is 8.99. The molecule has 1 aliphatic carbocycles. The van der Waals surface area contributed by atoms with Crippen molar-refractivity contribution in [2.24, 2.45) is 11.7 Å². The Morgan fingerprint density at radius 1 is 1.20 bits per heavy atom. The van der Waals surface area contributed by atoms with Gasteiger partial charge in [-0.1, -0.05) is 49.8 Å². The van der Waals surface area contributed by atoms with Crippen LogP contribution in [0.3, 0.4) is 0 Å². The molecule has 0 spiro atoms. The van der Waals surface area contributed by atoms with Crippen LogP contribution in [0.2, 0.25) is 0 Å². The lowest BCUT2D eigenvalue weighted by atomic mass is 9.84. The average Bonchev–Trinajstić information content (AvgIpc) is 2.61. The highest BCUT2D eigenvalue weighted by atomic mass is 16.3. The largest absolute Gasteiger partial charge is 0.382 e. The number of amides is 2. The molecule has 0 aliphatic heterocycles. The lowest BCUT2D eigenvalue weighted by Gasteiger charge is -2.26. The summed E-state index contributed by atoms with van der Waals surface area (Å²) in [5.74, 6) is -0.625. The number of rotatable bonds is 5. The van der Waals surface area contributed by atoms with Crippen LogP contribution in [0.15, 0.2) is 18.2 Å². The van der Waals surface area contributed by atoms with Crippen LogP contribution < -0.4 is 16.6 Å². The Morgan fingerprint density at radius 3 is 2.56 bits per heavy atom. The minimum absolute atomic E-state index is 0.414. The van der Waals surface area contributed by atoms with E-state index >= 15 is 0 Å². The second kappa shape index (κ2) is 8.97. The summed E-state index contributed by atoms with van der Waals surface area (Å²) < 4.78 is 0. The highest BCUT2D eigenvalue weighted by Gasteiger charge is 2.27. The molecule has 2 amide bonds. The van der Waals surface area contributed by atoms with Crippen LogP contribution in [-0.2, 0) is 4.79 Å². The zero-order valence-corrected chi connectivity index (χ0v) is 15.0. The molecular weight excluding hydrogens is 318 g/mol. The molecule has 1 aromatic carbocycles. The summed E-state index contributed by atoms with van der Waals surface area (Å²) >= 11 is 0. The third-order valence-electron chi connectivity index (χ3n) is 4.94. The molecule has 0 aromatic heterocycles. The number of hydrogen-bond acceptors (Lipinski definition) is 4. The second-order valence-corrected chi connectivity index (χ2v) is 7.11. The molecule has 0 bridgehead atoms. The van der Waals surface area contributed by atoms with Crippen LogP contribution in [0.25, 0.3) is 0 Å². The van der Waals surface area contributed by atoms with Crippen molar-refractivity contribution in [2.45, 2.75) is 64.5 Å². The van der Waals surface area contributed by atoms with Crippen LogP contribution in [0.5, 0.6) is 0 Å². The van der Waals surface area contributed by atoms with Crippen molar-refractivity contribution in [1.29, 1.82) is 0 Å². The number of hydrogen-bond donors (Lipinski definition) is 4. The van der Waals surface area contributed by atoms with E-state index in [1.807, 2.05) is 26.0 Å². The third-order valence-corrected chi connectivity index (χ3v) is 4.94. The van der Waals surface area contributed by atoms with E-state index in [0.717, 1.165) is 24.0 Å². The first-order chi connectivity index (χ1) is 11.9. The monoisotopic (exact) mass is 347 g/mol. The van der Waals surface area contributed by atoms with Gasteiger partial charge in [0.15, 0.2) is 0 Å². The Bertz CT molecular complexity index is 612. The van der Waals surface area contributed by atoms with Gasteiger partial charge in [-0.2, -0.15) is 0 Å². The van der Waals surface area contributed by atoms with Gasteiger partial charge in [0.05, 0.1) is 0 Å². The molecular formula is C19H29N3O3. The summed E-state index contributed by atoms with van der Waals surface area (Å²) in [5.41, 5.74) is 12.9. The van der Waals surface area contributed by atoms with Crippen molar-refractivity contribution >= 4 is 11.8 Å². The molecule has 1 saturated carbocycles. The third kappa shape index (κ3) is 5.54. The van der Waals surface area contributed by atoms with Crippen molar-refractivity contribution in [3.63, 3.8) is 0 Å². The maximum atomic E-state index is 12.2. The van der Waals surface area contributed by atoms with Gasteiger partial charge in [0.2, 0.25) is 0 Å². The first-order valence-electron chi connectivity index (χ1n) is 8.99. The molecule has 1 aliphatic rings. The molecule has 0 heterocycles. The molecule has 25 heavy (non-hydrogen) atoms. The molecule has 1 unspecified atom stereocenters. The molecule has 0 saturated heterocycles. The number of benzene rings is 1. The van der Waals surface area contributed by atoms with Crippen molar-refractivity contribution in [1.82, 2.24) is 10.9 Å². The minimum atomic E-state index is -1.33. The second-order valence-electron chi connectivity index (χ2n) is 7.11. The highest BCUT2D eigenvalue weighted by molar-refractivity contribution is 5.97. The number of hydrazine groups is 1. The van der Waals surface area contributed by atoms with Crippen molar-refractivity contribution in [3.05, 3.63) is 34.9 Å². The smallest absolute Gasteiger partial charge is 0.269 e. The van der Waals surface area contributed by atoms with E-state index in [1.54, 1.807) is 6.07 Å². The van der Waals surface area contributed by atoms with E-state index in [9.17, 15) is 14.7 Å². The fraction of sp³-hybridized carbons (Fsp3) is 0.579. The standard InChI is InChI=1S/C19H29N3O3/c1-12-8-9-13(2)15(10-12)18(24)21-22-19(25)17(23)16(20)11-14-6-4-3-5-7-14/h8-10,14,16-17,23H,3-7,11,20H2,1-2H3,(H,21,24)(H,22,25)/t16-,17?/m1/s1. The molecule has 2 atom stereocenters. The summed E-state index contributed by atoms with van der Waals surface area (Å²) in [4.78, 5) is 24.3. The molecule has 5 N–H and O–H groups in total. The lowest BCUT2D eigenvalue weighted by Crippen LogP contribution is -2.52. The van der Waals surface area contributed by atoms with Crippen molar-refractivity contribution < 1.29 is 14.7 Å². The number of aliphatic hydroxyl groups excluding tert-OH is 1. The number of nitrogens with two attached hydrogens (primary N) is 1. The molecule has 2 rings (SSSR count). The van der Waals surface area contributed by atoms with Crippen LogP contribution in [-0.4, -0.2) is 29.1 Å². The summed E-state index contributed by atoms with van der Waals surface area (Å²) in [5, 5.41) is 10.1. The molecule has 1 aromatic rings. The number of aliphatic hydroxyl groups is 1. The summed E-state index contributed by atoms with van der Waals surface area (Å²) in [6, 6.07) is 4.89. The van der Waals surface area contributed by atoms with Gasteiger partial charge in [-0.25, -0.2) is 0 Å². The minimum Gasteiger partial charge on any atom is -0.382 e. The first kappa shape index (κ1) is 19.4. The highest BCUT2D eigenvalue weighted by Crippen LogP contribution is 2.27. The van der Waals surface area contributed by atoms with Crippen LogP contribution in [0, 0.1) is 19.8 Å². The van der Waals surface area contributed by atoms with Gasteiger partial charge in [-0.05, 0) is 37.8 Å². The lowest BCUT2D eigenvalue weighted by molar-refractivity contribution is -0.131. The van der Waals surface area contributed by atoms with Gasteiger partial charge in [0.25, 0.3) is 11.8 Å². The van der Waals surface area contributed by atoms with Gasteiger partial charge in [0, 0.05) is 11.6 Å². The van der Waals surface area contributed by atoms with Gasteiger partial charge >= 0.3 is 0 Å². The van der Waals surface area contributed by atoms with Crippen molar-refractivity contribution in [2.75, 3.05) is 0 Å². The van der Waals surface area contributed by atoms with Crippen molar-refractivity contribution in [3.8, 4) is 0 Å². The maximum absolute atomic E-state index is 12.2. The van der Waals surface area contributed by atoms with Crippen LogP contribution in [0.1, 0.15) is 60.0 Å². The van der Waals surface area contributed by atoms with Crippen LogP contribution in [0.4, 0.5) is 0 Å². The maximum Gasteiger partial charge on any atom is 0.269 e. The number of carbonyl (C=O) groups excluding carboxylic acids is 2. The quantitative estimate of drug-likeness (QED) is 0.609. The Kier molecular flexibility index (Phi) is 6.96. The fourth-order valence-electron chi connectivity index (χ4n) is 3.37. The Morgan fingerprint density at radius 2 is 1.88 bits per heavy atom. The summed E-state index contributed by atoms with van der Waals surface area (Å²) in [6.07, 6.45) is 5.12. The van der Waals surface area contributed by atoms with E-state index in [4.69, 9.17) is 5.73 Å². The zero-order chi connectivity index (χ0) is 18.4. The zero-order valence-electron chi connectivity index (χ0n) is 15.0. The van der Waals surface area contributed by atoms with E-state index in [2.05, 4.69) is 10.9 Å².